The zero-order valence-corrected chi connectivity index (χ0v) is 9.27. The molecule has 5 heteroatoms. The Kier molecular flexibility index (Phi) is 2.94. The predicted octanol–water partition coefficient (Wildman–Crippen LogP) is 0.335. The normalized spacial score (nSPS) is 28.4. The monoisotopic (exact) mass is 225 g/mol. The first-order valence-corrected chi connectivity index (χ1v) is 5.57. The number of nitrogens with zero attached hydrogens (tertiary/aromatic N) is 1. The molecule has 0 aromatic rings. The summed E-state index contributed by atoms with van der Waals surface area (Å²) in [6.07, 6.45) is 2.67. The van der Waals surface area contributed by atoms with Crippen molar-refractivity contribution in [3.8, 4) is 0 Å². The van der Waals surface area contributed by atoms with Crippen molar-refractivity contribution in [3.05, 3.63) is 0 Å². The largest absolute Gasteiger partial charge is 0.469 e. The van der Waals surface area contributed by atoms with Crippen molar-refractivity contribution in [1.29, 1.82) is 0 Å². The number of carbonyl (C=O) groups is 3. The van der Waals surface area contributed by atoms with Gasteiger partial charge in [0.05, 0.1) is 25.4 Å². The van der Waals surface area contributed by atoms with Crippen LogP contribution in [0.1, 0.15) is 25.7 Å². The molecule has 1 aliphatic carbocycles. The lowest BCUT2D eigenvalue weighted by Crippen LogP contribution is -2.33. The summed E-state index contributed by atoms with van der Waals surface area (Å²) in [5.41, 5.74) is 0. The Bertz CT molecular complexity index is 317. The van der Waals surface area contributed by atoms with Crippen LogP contribution in [0.4, 0.5) is 0 Å². The molecule has 0 N–H and O–H groups in total. The summed E-state index contributed by atoms with van der Waals surface area (Å²) in [5, 5.41) is 0. The minimum atomic E-state index is -0.391. The summed E-state index contributed by atoms with van der Waals surface area (Å²) < 4.78 is 4.49. The Labute approximate surface area is 93.7 Å². The molecule has 1 saturated heterocycles. The van der Waals surface area contributed by atoms with Crippen molar-refractivity contribution < 1.29 is 19.1 Å². The Morgan fingerprint density at radius 1 is 1.31 bits per heavy atom. The van der Waals surface area contributed by atoms with Gasteiger partial charge in [0, 0.05) is 6.54 Å². The van der Waals surface area contributed by atoms with E-state index in [0.717, 1.165) is 19.3 Å². The van der Waals surface area contributed by atoms with Crippen molar-refractivity contribution in [2.75, 3.05) is 13.7 Å². The van der Waals surface area contributed by atoms with E-state index in [2.05, 4.69) is 4.74 Å². The van der Waals surface area contributed by atoms with Crippen molar-refractivity contribution in [3.63, 3.8) is 0 Å². The zero-order valence-electron chi connectivity index (χ0n) is 9.27. The molecular weight excluding hydrogens is 210 g/mol. The van der Waals surface area contributed by atoms with E-state index < -0.39 is 5.97 Å². The van der Waals surface area contributed by atoms with Crippen LogP contribution >= 0.6 is 0 Å². The van der Waals surface area contributed by atoms with E-state index in [4.69, 9.17) is 0 Å². The maximum absolute atomic E-state index is 11.9. The van der Waals surface area contributed by atoms with E-state index in [1.165, 1.54) is 12.0 Å². The Morgan fingerprint density at radius 2 is 1.88 bits per heavy atom. The van der Waals surface area contributed by atoms with Gasteiger partial charge in [-0.1, -0.05) is 6.42 Å². The summed E-state index contributed by atoms with van der Waals surface area (Å²) >= 11 is 0. The van der Waals surface area contributed by atoms with Crippen LogP contribution in [0.15, 0.2) is 0 Å². The average molecular weight is 225 g/mol. The molecule has 16 heavy (non-hydrogen) atoms. The van der Waals surface area contributed by atoms with Gasteiger partial charge in [-0.2, -0.15) is 0 Å². The maximum Gasteiger partial charge on any atom is 0.307 e. The standard InChI is InChI=1S/C11H15NO4/c1-16-9(13)5-6-12-10(14)7-3-2-4-8(7)11(12)15/h7-8H,2-6H2,1H3. The quantitative estimate of drug-likeness (QED) is 0.513. The molecular formula is C11H15NO4. The maximum atomic E-state index is 11.9. The highest BCUT2D eigenvalue weighted by molar-refractivity contribution is 6.05. The van der Waals surface area contributed by atoms with E-state index >= 15 is 0 Å². The SMILES string of the molecule is COC(=O)CCN1C(=O)C2CCCC2C1=O. The lowest BCUT2D eigenvalue weighted by Gasteiger charge is -2.14. The molecule has 0 aromatic heterocycles. The lowest BCUT2D eigenvalue weighted by molar-refractivity contribution is -0.143. The molecule has 0 bridgehead atoms. The number of carbonyl (C=O) groups excluding carboxylic acids is 3. The third-order valence-electron chi connectivity index (χ3n) is 3.45. The summed E-state index contributed by atoms with van der Waals surface area (Å²) in [4.78, 5) is 35.9. The topological polar surface area (TPSA) is 63.7 Å². The van der Waals surface area contributed by atoms with Gasteiger partial charge in [0.25, 0.3) is 0 Å². The molecule has 2 fully saturated rings. The molecule has 1 heterocycles. The fourth-order valence-corrected chi connectivity index (χ4v) is 2.59. The molecule has 1 saturated carbocycles. The van der Waals surface area contributed by atoms with Gasteiger partial charge < -0.3 is 4.74 Å². The van der Waals surface area contributed by atoms with Gasteiger partial charge >= 0.3 is 5.97 Å². The number of likely N-dealkylation sites (tertiary alicyclic amines) is 1. The predicted molar refractivity (Wildman–Crippen MR) is 54.2 cm³/mol. The van der Waals surface area contributed by atoms with Crippen LogP contribution in [0, 0.1) is 11.8 Å². The van der Waals surface area contributed by atoms with E-state index in [9.17, 15) is 14.4 Å². The average Bonchev–Trinajstić information content (AvgIpc) is 2.83. The molecule has 2 aliphatic rings. The van der Waals surface area contributed by atoms with Crippen LogP contribution in [0.3, 0.4) is 0 Å². The minimum absolute atomic E-state index is 0.0907. The molecule has 88 valence electrons. The third kappa shape index (κ3) is 1.70. The van der Waals surface area contributed by atoms with Crippen LogP contribution in [0.2, 0.25) is 0 Å². The molecule has 2 amide bonds. The van der Waals surface area contributed by atoms with Crippen LogP contribution in [-0.2, 0) is 19.1 Å². The Morgan fingerprint density at radius 3 is 2.38 bits per heavy atom. The minimum Gasteiger partial charge on any atom is -0.469 e. The van der Waals surface area contributed by atoms with Crippen LogP contribution < -0.4 is 0 Å². The van der Waals surface area contributed by atoms with E-state index in [0.29, 0.717) is 0 Å². The smallest absolute Gasteiger partial charge is 0.307 e. The second-order valence-corrected chi connectivity index (χ2v) is 4.30. The van der Waals surface area contributed by atoms with Gasteiger partial charge in [-0.15, -0.1) is 0 Å². The second-order valence-electron chi connectivity index (χ2n) is 4.30. The number of amides is 2. The van der Waals surface area contributed by atoms with Crippen LogP contribution in [0.25, 0.3) is 0 Å². The Balaban J connectivity index is 1.98. The summed E-state index contributed by atoms with van der Waals surface area (Å²) in [7, 11) is 1.30. The van der Waals surface area contributed by atoms with E-state index in [1.54, 1.807) is 0 Å². The van der Waals surface area contributed by atoms with Crippen LogP contribution in [0.5, 0.6) is 0 Å². The highest BCUT2D eigenvalue weighted by atomic mass is 16.5. The molecule has 0 radical (unpaired) electrons. The molecule has 2 rings (SSSR count). The lowest BCUT2D eigenvalue weighted by atomic mass is 10.00. The number of fused-ring (bicyclic) bond motifs is 1. The van der Waals surface area contributed by atoms with E-state index in [-0.39, 0.29) is 36.6 Å². The van der Waals surface area contributed by atoms with Crippen LogP contribution in [-0.4, -0.2) is 36.3 Å². The number of ether oxygens (including phenoxy) is 1. The van der Waals surface area contributed by atoms with Crippen molar-refractivity contribution in [2.24, 2.45) is 11.8 Å². The summed E-state index contributed by atoms with van der Waals surface area (Å²) in [6, 6.07) is 0. The second kappa shape index (κ2) is 4.23. The molecule has 0 aromatic carbocycles. The molecule has 0 spiro atoms. The van der Waals surface area contributed by atoms with Crippen molar-refractivity contribution >= 4 is 17.8 Å². The molecule has 2 atom stereocenters. The van der Waals surface area contributed by atoms with Gasteiger partial charge in [-0.3, -0.25) is 19.3 Å². The fourth-order valence-electron chi connectivity index (χ4n) is 2.59. The summed E-state index contributed by atoms with van der Waals surface area (Å²) in [5.74, 6) is -0.833. The van der Waals surface area contributed by atoms with Gasteiger partial charge in [-0.05, 0) is 12.8 Å². The molecule has 5 nitrogen and oxygen atoms in total. The highest BCUT2D eigenvalue weighted by Gasteiger charge is 2.49. The third-order valence-corrected chi connectivity index (χ3v) is 3.45. The first-order chi connectivity index (χ1) is 7.65. The van der Waals surface area contributed by atoms with E-state index in [1.807, 2.05) is 0 Å². The summed E-state index contributed by atoms with van der Waals surface area (Å²) in [6.45, 7) is 0.164. The molecule has 2 unspecified atom stereocenters. The number of imide groups is 1. The first-order valence-electron chi connectivity index (χ1n) is 5.57. The van der Waals surface area contributed by atoms with Crippen molar-refractivity contribution in [2.45, 2.75) is 25.7 Å². The van der Waals surface area contributed by atoms with Gasteiger partial charge in [0.2, 0.25) is 11.8 Å². The van der Waals surface area contributed by atoms with Gasteiger partial charge in [-0.25, -0.2) is 0 Å². The number of hydrogen-bond acceptors (Lipinski definition) is 4. The van der Waals surface area contributed by atoms with Gasteiger partial charge in [0.1, 0.15) is 0 Å². The van der Waals surface area contributed by atoms with Crippen molar-refractivity contribution in [1.82, 2.24) is 4.90 Å². The zero-order chi connectivity index (χ0) is 11.7. The molecule has 1 aliphatic heterocycles. The number of esters is 1. The Hall–Kier alpha value is -1.39. The number of rotatable bonds is 3. The number of methoxy groups -OCH3 is 1. The highest BCUT2D eigenvalue weighted by Crippen LogP contribution is 2.39. The fraction of sp³-hybridized carbons (Fsp3) is 0.727. The first kappa shape index (κ1) is 11.1. The number of hydrogen-bond donors (Lipinski definition) is 0. The van der Waals surface area contributed by atoms with Gasteiger partial charge in [0.15, 0.2) is 0 Å².